The fourth-order valence-corrected chi connectivity index (χ4v) is 2.54. The summed E-state index contributed by atoms with van der Waals surface area (Å²) in [5.41, 5.74) is 0.649. The van der Waals surface area contributed by atoms with Crippen LogP contribution < -0.4 is 0 Å². The van der Waals surface area contributed by atoms with Crippen LogP contribution in [0.2, 0.25) is 0 Å². The number of pyridine rings is 1. The number of hydrogen-bond acceptors (Lipinski definition) is 3. The summed E-state index contributed by atoms with van der Waals surface area (Å²) < 4.78 is 5.92. The van der Waals surface area contributed by atoms with Crippen LogP contribution in [0.4, 0.5) is 0 Å². The van der Waals surface area contributed by atoms with Crippen LogP contribution in [-0.4, -0.2) is 42.6 Å². The largest absolute Gasteiger partial charge is 0.384 e. The molecular weight excluding hydrogens is 296 g/mol. The quantitative estimate of drug-likeness (QED) is 0.805. The van der Waals surface area contributed by atoms with Crippen molar-refractivity contribution < 1.29 is 9.53 Å². The van der Waals surface area contributed by atoms with Crippen LogP contribution in [0.3, 0.4) is 0 Å². The van der Waals surface area contributed by atoms with E-state index in [4.69, 9.17) is 4.74 Å². The van der Waals surface area contributed by atoms with E-state index in [2.05, 4.69) is 20.9 Å². The van der Waals surface area contributed by atoms with Gasteiger partial charge in [-0.25, -0.2) is 4.98 Å². The van der Waals surface area contributed by atoms with Crippen LogP contribution in [0.5, 0.6) is 0 Å². The molecule has 2 heterocycles. The predicted molar refractivity (Wildman–Crippen MR) is 72.4 cm³/mol. The molecule has 4 nitrogen and oxygen atoms in total. The maximum atomic E-state index is 12.3. The zero-order chi connectivity index (χ0) is 13.0. The highest BCUT2D eigenvalue weighted by Crippen LogP contribution is 2.19. The lowest BCUT2D eigenvalue weighted by atomic mass is 9.98. The average molecular weight is 313 g/mol. The van der Waals surface area contributed by atoms with Crippen LogP contribution >= 0.6 is 15.9 Å². The first-order valence-electron chi connectivity index (χ1n) is 6.10. The van der Waals surface area contributed by atoms with Crippen molar-refractivity contribution in [2.75, 3.05) is 26.8 Å². The van der Waals surface area contributed by atoms with Crippen molar-refractivity contribution in [3.63, 3.8) is 0 Å². The molecule has 0 bridgehead atoms. The van der Waals surface area contributed by atoms with Gasteiger partial charge in [-0.3, -0.25) is 4.79 Å². The predicted octanol–water partition coefficient (Wildman–Crippen LogP) is 2.34. The van der Waals surface area contributed by atoms with Gasteiger partial charge in [-0.15, -0.1) is 0 Å². The molecule has 1 aromatic rings. The van der Waals surface area contributed by atoms with Gasteiger partial charge < -0.3 is 9.64 Å². The van der Waals surface area contributed by atoms with Crippen molar-refractivity contribution in [3.8, 4) is 0 Å². The smallest absolute Gasteiger partial charge is 0.255 e. The standard InChI is InChI=1S/C13H17BrN2O2/c1-18-9-10-3-2-6-16(8-10)13(17)11-4-5-12(14)15-7-11/h4-5,7,10H,2-3,6,8-9H2,1H3. The fraction of sp³-hybridized carbons (Fsp3) is 0.538. The third kappa shape index (κ3) is 3.29. The second-order valence-corrected chi connectivity index (χ2v) is 5.40. The van der Waals surface area contributed by atoms with E-state index in [1.54, 1.807) is 25.4 Å². The Balaban J connectivity index is 2.02. The minimum absolute atomic E-state index is 0.0656. The molecule has 5 heteroatoms. The molecule has 98 valence electrons. The second-order valence-electron chi connectivity index (χ2n) is 4.58. The number of halogens is 1. The molecule has 0 spiro atoms. The first-order valence-corrected chi connectivity index (χ1v) is 6.89. The van der Waals surface area contributed by atoms with E-state index in [-0.39, 0.29) is 5.91 Å². The monoisotopic (exact) mass is 312 g/mol. The molecule has 1 fully saturated rings. The Labute approximate surface area is 115 Å². The van der Waals surface area contributed by atoms with Crippen LogP contribution in [0.1, 0.15) is 23.2 Å². The highest BCUT2D eigenvalue weighted by atomic mass is 79.9. The number of carbonyl (C=O) groups is 1. The number of amides is 1. The Hall–Kier alpha value is -0.940. The molecule has 1 saturated heterocycles. The third-order valence-electron chi connectivity index (χ3n) is 3.18. The zero-order valence-electron chi connectivity index (χ0n) is 10.4. The van der Waals surface area contributed by atoms with Gasteiger partial charge in [0.1, 0.15) is 4.60 Å². The topological polar surface area (TPSA) is 42.4 Å². The summed E-state index contributed by atoms with van der Waals surface area (Å²) in [4.78, 5) is 18.3. The van der Waals surface area contributed by atoms with E-state index >= 15 is 0 Å². The van der Waals surface area contributed by atoms with Crippen molar-refractivity contribution in [3.05, 3.63) is 28.5 Å². The van der Waals surface area contributed by atoms with Gasteiger partial charge in [-0.2, -0.15) is 0 Å². The number of ether oxygens (including phenoxy) is 1. The normalized spacial score (nSPS) is 19.9. The summed E-state index contributed by atoms with van der Waals surface area (Å²) in [6.07, 6.45) is 3.80. The Bertz CT molecular complexity index is 406. The van der Waals surface area contributed by atoms with Crippen LogP contribution in [0.25, 0.3) is 0 Å². The van der Waals surface area contributed by atoms with Crippen LogP contribution in [0, 0.1) is 5.92 Å². The van der Waals surface area contributed by atoms with Gasteiger partial charge in [-0.1, -0.05) is 0 Å². The number of methoxy groups -OCH3 is 1. The van der Waals surface area contributed by atoms with Gasteiger partial charge in [0.25, 0.3) is 5.91 Å². The van der Waals surface area contributed by atoms with Gasteiger partial charge in [-0.05, 0) is 46.8 Å². The van der Waals surface area contributed by atoms with Gasteiger partial charge in [0, 0.05) is 26.4 Å². The maximum absolute atomic E-state index is 12.3. The molecule has 0 aliphatic carbocycles. The Morgan fingerprint density at radius 2 is 2.44 bits per heavy atom. The third-order valence-corrected chi connectivity index (χ3v) is 3.65. The van der Waals surface area contributed by atoms with Crippen molar-refractivity contribution in [1.82, 2.24) is 9.88 Å². The molecule has 18 heavy (non-hydrogen) atoms. The van der Waals surface area contributed by atoms with Crippen molar-refractivity contribution in [1.29, 1.82) is 0 Å². The molecule has 1 aromatic heterocycles. The number of aromatic nitrogens is 1. The van der Waals surface area contributed by atoms with Crippen molar-refractivity contribution >= 4 is 21.8 Å². The summed E-state index contributed by atoms with van der Waals surface area (Å²) in [5, 5.41) is 0. The SMILES string of the molecule is COCC1CCCN(C(=O)c2ccc(Br)nc2)C1. The minimum atomic E-state index is 0.0656. The molecule has 1 aliphatic heterocycles. The lowest BCUT2D eigenvalue weighted by Crippen LogP contribution is -2.41. The molecule has 0 saturated carbocycles. The molecular formula is C13H17BrN2O2. The Kier molecular flexibility index (Phi) is 4.72. The molecule has 1 aliphatic rings. The number of likely N-dealkylation sites (tertiary alicyclic amines) is 1. The van der Waals surface area contributed by atoms with Gasteiger partial charge >= 0.3 is 0 Å². The van der Waals surface area contributed by atoms with Gasteiger partial charge in [0.05, 0.1) is 12.2 Å². The van der Waals surface area contributed by atoms with Crippen LogP contribution in [-0.2, 0) is 4.74 Å². The van der Waals surface area contributed by atoms with Crippen molar-refractivity contribution in [2.45, 2.75) is 12.8 Å². The number of carbonyl (C=O) groups excluding carboxylic acids is 1. The van der Waals surface area contributed by atoms with Crippen LogP contribution in [0.15, 0.2) is 22.9 Å². The molecule has 0 radical (unpaired) electrons. The first kappa shape index (κ1) is 13.5. The number of piperidine rings is 1. The summed E-state index contributed by atoms with van der Waals surface area (Å²) in [6, 6.07) is 3.60. The molecule has 1 amide bonds. The maximum Gasteiger partial charge on any atom is 0.255 e. The van der Waals surface area contributed by atoms with E-state index in [1.807, 2.05) is 4.90 Å². The minimum Gasteiger partial charge on any atom is -0.384 e. The number of nitrogens with zero attached hydrogens (tertiary/aromatic N) is 2. The van der Waals surface area contributed by atoms with E-state index in [0.717, 1.165) is 37.1 Å². The van der Waals surface area contributed by atoms with Crippen molar-refractivity contribution in [2.24, 2.45) is 5.92 Å². The number of rotatable bonds is 3. The molecule has 0 aromatic carbocycles. The Morgan fingerprint density at radius 1 is 1.61 bits per heavy atom. The number of hydrogen-bond donors (Lipinski definition) is 0. The lowest BCUT2D eigenvalue weighted by molar-refractivity contribution is 0.0570. The van der Waals surface area contributed by atoms with Gasteiger partial charge in [0.15, 0.2) is 0 Å². The molecule has 0 N–H and O–H groups in total. The summed E-state index contributed by atoms with van der Waals surface area (Å²) in [5.74, 6) is 0.520. The van der Waals surface area contributed by atoms with E-state index < -0.39 is 0 Å². The molecule has 1 unspecified atom stereocenters. The highest BCUT2D eigenvalue weighted by molar-refractivity contribution is 9.10. The first-order chi connectivity index (χ1) is 8.70. The average Bonchev–Trinajstić information content (AvgIpc) is 2.39. The fourth-order valence-electron chi connectivity index (χ4n) is 2.31. The zero-order valence-corrected chi connectivity index (χ0v) is 12.0. The summed E-state index contributed by atoms with van der Waals surface area (Å²) in [6.45, 7) is 2.33. The highest BCUT2D eigenvalue weighted by Gasteiger charge is 2.24. The van der Waals surface area contributed by atoms with E-state index in [1.165, 1.54) is 0 Å². The molecule has 1 atom stereocenters. The molecule has 2 rings (SSSR count). The summed E-state index contributed by atoms with van der Waals surface area (Å²) in [7, 11) is 1.71. The van der Waals surface area contributed by atoms with E-state index in [0.29, 0.717) is 11.5 Å². The lowest BCUT2D eigenvalue weighted by Gasteiger charge is -2.32. The summed E-state index contributed by atoms with van der Waals surface area (Å²) >= 11 is 3.27. The van der Waals surface area contributed by atoms with E-state index in [9.17, 15) is 4.79 Å². The van der Waals surface area contributed by atoms with Gasteiger partial charge in [0.2, 0.25) is 0 Å². The Morgan fingerprint density at radius 3 is 3.11 bits per heavy atom. The second kappa shape index (κ2) is 6.29.